The van der Waals surface area contributed by atoms with E-state index in [0.717, 1.165) is 24.9 Å². The molecule has 2 rings (SSSR count). The monoisotopic (exact) mass is 235 g/mol. The molecular formula is C14H25N3. The number of nitrogens with zero attached hydrogens (tertiary/aromatic N) is 2. The molecule has 1 aliphatic rings. The second-order valence-electron chi connectivity index (χ2n) is 5.59. The van der Waals surface area contributed by atoms with Gasteiger partial charge in [-0.15, -0.1) is 0 Å². The van der Waals surface area contributed by atoms with Gasteiger partial charge in [0.25, 0.3) is 0 Å². The average molecular weight is 235 g/mol. The van der Waals surface area contributed by atoms with Crippen molar-refractivity contribution in [2.75, 3.05) is 0 Å². The Hall–Kier alpha value is -0.830. The van der Waals surface area contributed by atoms with E-state index in [1.807, 2.05) is 10.9 Å². The van der Waals surface area contributed by atoms with Crippen LogP contribution >= 0.6 is 0 Å². The number of aryl methyl sites for hydroxylation is 1. The minimum atomic E-state index is 0.691. The fourth-order valence-electron chi connectivity index (χ4n) is 2.89. The highest BCUT2D eigenvalue weighted by molar-refractivity contribution is 5.03. The molecule has 1 heterocycles. The lowest BCUT2D eigenvalue weighted by atomic mass is 9.80. The predicted octanol–water partition coefficient (Wildman–Crippen LogP) is 2.82. The molecule has 1 saturated carbocycles. The van der Waals surface area contributed by atoms with Crippen LogP contribution in [0.2, 0.25) is 0 Å². The van der Waals surface area contributed by atoms with Crippen LogP contribution in [0.25, 0.3) is 0 Å². The van der Waals surface area contributed by atoms with E-state index in [0.29, 0.717) is 6.04 Å². The highest BCUT2D eigenvalue weighted by atomic mass is 15.3. The standard InChI is InChI=1S/C14H25N3/c1-4-17-10-13(9-16-17)8-15-14-6-5-11(2)7-12(14)3/h9-12,14-15H,4-8H2,1-3H3. The molecule has 0 radical (unpaired) electrons. The fourth-order valence-corrected chi connectivity index (χ4v) is 2.89. The van der Waals surface area contributed by atoms with Crippen molar-refractivity contribution < 1.29 is 0 Å². The Morgan fingerprint density at radius 2 is 2.24 bits per heavy atom. The van der Waals surface area contributed by atoms with Crippen LogP contribution in [-0.2, 0) is 13.1 Å². The Bertz CT molecular complexity index is 345. The molecule has 1 aliphatic carbocycles. The molecule has 96 valence electrons. The van der Waals surface area contributed by atoms with E-state index in [1.54, 1.807) is 0 Å². The van der Waals surface area contributed by atoms with Gasteiger partial charge in [0.15, 0.2) is 0 Å². The molecule has 0 saturated heterocycles. The van der Waals surface area contributed by atoms with Crippen LogP contribution in [0.1, 0.15) is 45.6 Å². The molecule has 0 aliphatic heterocycles. The first kappa shape index (κ1) is 12.6. The second kappa shape index (κ2) is 5.67. The quantitative estimate of drug-likeness (QED) is 0.869. The van der Waals surface area contributed by atoms with Crippen LogP contribution in [0.5, 0.6) is 0 Å². The number of nitrogens with one attached hydrogen (secondary N) is 1. The molecule has 3 nitrogen and oxygen atoms in total. The molecule has 1 fully saturated rings. The maximum absolute atomic E-state index is 4.31. The maximum atomic E-state index is 4.31. The van der Waals surface area contributed by atoms with Gasteiger partial charge in [0.1, 0.15) is 0 Å². The van der Waals surface area contributed by atoms with E-state index < -0.39 is 0 Å². The molecule has 3 atom stereocenters. The third-order valence-corrected chi connectivity index (χ3v) is 4.01. The third-order valence-electron chi connectivity index (χ3n) is 4.01. The third kappa shape index (κ3) is 3.32. The summed E-state index contributed by atoms with van der Waals surface area (Å²) in [6.45, 7) is 8.79. The lowest BCUT2D eigenvalue weighted by Crippen LogP contribution is -2.38. The lowest BCUT2D eigenvalue weighted by molar-refractivity contribution is 0.227. The van der Waals surface area contributed by atoms with Gasteiger partial charge in [-0.3, -0.25) is 4.68 Å². The van der Waals surface area contributed by atoms with Crippen molar-refractivity contribution >= 4 is 0 Å². The minimum Gasteiger partial charge on any atom is -0.310 e. The van der Waals surface area contributed by atoms with Crippen molar-refractivity contribution in [1.29, 1.82) is 0 Å². The highest BCUT2D eigenvalue weighted by Crippen LogP contribution is 2.28. The van der Waals surface area contributed by atoms with E-state index >= 15 is 0 Å². The van der Waals surface area contributed by atoms with E-state index in [1.165, 1.54) is 24.8 Å². The summed E-state index contributed by atoms with van der Waals surface area (Å²) in [6.07, 6.45) is 8.18. The first-order chi connectivity index (χ1) is 8.19. The molecule has 3 unspecified atom stereocenters. The molecule has 1 aromatic rings. The molecule has 1 aromatic heterocycles. The van der Waals surface area contributed by atoms with Gasteiger partial charge in [0, 0.05) is 30.9 Å². The Morgan fingerprint density at radius 1 is 1.41 bits per heavy atom. The maximum Gasteiger partial charge on any atom is 0.0534 e. The Kier molecular flexibility index (Phi) is 4.21. The van der Waals surface area contributed by atoms with Crippen LogP contribution < -0.4 is 5.32 Å². The topological polar surface area (TPSA) is 29.9 Å². The van der Waals surface area contributed by atoms with E-state index in [-0.39, 0.29) is 0 Å². The number of rotatable bonds is 4. The fraction of sp³-hybridized carbons (Fsp3) is 0.786. The van der Waals surface area contributed by atoms with Gasteiger partial charge in [0.05, 0.1) is 6.20 Å². The Labute approximate surface area is 105 Å². The molecule has 0 bridgehead atoms. The summed E-state index contributed by atoms with van der Waals surface area (Å²) in [5.41, 5.74) is 1.30. The molecule has 1 N–H and O–H groups in total. The zero-order chi connectivity index (χ0) is 12.3. The Morgan fingerprint density at radius 3 is 2.88 bits per heavy atom. The largest absolute Gasteiger partial charge is 0.310 e. The summed E-state index contributed by atoms with van der Waals surface area (Å²) in [6, 6.07) is 0.691. The van der Waals surface area contributed by atoms with Crippen LogP contribution in [0.15, 0.2) is 12.4 Å². The Balaban J connectivity index is 1.81. The summed E-state index contributed by atoms with van der Waals surface area (Å²) in [5, 5.41) is 8.00. The van der Waals surface area contributed by atoms with E-state index in [2.05, 4.69) is 37.4 Å². The first-order valence-electron chi connectivity index (χ1n) is 6.93. The van der Waals surface area contributed by atoms with Crippen molar-refractivity contribution in [3.05, 3.63) is 18.0 Å². The normalized spacial score (nSPS) is 29.5. The van der Waals surface area contributed by atoms with Gasteiger partial charge in [0.2, 0.25) is 0 Å². The molecule has 0 amide bonds. The molecule has 17 heavy (non-hydrogen) atoms. The number of hydrogen-bond donors (Lipinski definition) is 1. The summed E-state index contributed by atoms with van der Waals surface area (Å²) in [5.74, 6) is 1.71. The SMILES string of the molecule is CCn1cc(CNC2CCC(C)CC2C)cn1. The van der Waals surface area contributed by atoms with E-state index in [9.17, 15) is 0 Å². The molecule has 0 spiro atoms. The highest BCUT2D eigenvalue weighted by Gasteiger charge is 2.24. The average Bonchev–Trinajstić information content (AvgIpc) is 2.76. The summed E-state index contributed by atoms with van der Waals surface area (Å²) >= 11 is 0. The summed E-state index contributed by atoms with van der Waals surface area (Å²) in [7, 11) is 0. The number of hydrogen-bond acceptors (Lipinski definition) is 2. The molecule has 0 aromatic carbocycles. The minimum absolute atomic E-state index is 0.691. The second-order valence-corrected chi connectivity index (χ2v) is 5.59. The van der Waals surface area contributed by atoms with Gasteiger partial charge in [-0.25, -0.2) is 0 Å². The van der Waals surface area contributed by atoms with Crippen LogP contribution in [0.3, 0.4) is 0 Å². The summed E-state index contributed by atoms with van der Waals surface area (Å²) in [4.78, 5) is 0. The van der Waals surface area contributed by atoms with Gasteiger partial charge < -0.3 is 5.32 Å². The predicted molar refractivity (Wildman–Crippen MR) is 70.7 cm³/mol. The smallest absolute Gasteiger partial charge is 0.0534 e. The number of aromatic nitrogens is 2. The van der Waals surface area contributed by atoms with Gasteiger partial charge in [-0.2, -0.15) is 5.10 Å². The van der Waals surface area contributed by atoms with Gasteiger partial charge >= 0.3 is 0 Å². The van der Waals surface area contributed by atoms with Crippen LogP contribution in [0.4, 0.5) is 0 Å². The van der Waals surface area contributed by atoms with Gasteiger partial charge in [-0.05, 0) is 38.0 Å². The van der Waals surface area contributed by atoms with Crippen molar-refractivity contribution in [2.45, 2.75) is 59.2 Å². The van der Waals surface area contributed by atoms with Crippen molar-refractivity contribution in [3.8, 4) is 0 Å². The summed E-state index contributed by atoms with van der Waals surface area (Å²) < 4.78 is 1.99. The zero-order valence-electron chi connectivity index (χ0n) is 11.3. The van der Waals surface area contributed by atoms with Crippen LogP contribution in [0, 0.1) is 11.8 Å². The lowest BCUT2D eigenvalue weighted by Gasteiger charge is -2.33. The van der Waals surface area contributed by atoms with Gasteiger partial charge in [-0.1, -0.05) is 13.8 Å². The first-order valence-corrected chi connectivity index (χ1v) is 6.93. The van der Waals surface area contributed by atoms with E-state index in [4.69, 9.17) is 0 Å². The van der Waals surface area contributed by atoms with Crippen molar-refractivity contribution in [2.24, 2.45) is 11.8 Å². The zero-order valence-corrected chi connectivity index (χ0v) is 11.3. The molecular weight excluding hydrogens is 210 g/mol. The van der Waals surface area contributed by atoms with Crippen molar-refractivity contribution in [3.63, 3.8) is 0 Å². The molecule has 3 heteroatoms. The van der Waals surface area contributed by atoms with Crippen molar-refractivity contribution in [1.82, 2.24) is 15.1 Å². The van der Waals surface area contributed by atoms with Crippen LogP contribution in [-0.4, -0.2) is 15.8 Å².